The lowest BCUT2D eigenvalue weighted by Gasteiger charge is -2.23. The van der Waals surface area contributed by atoms with Crippen LogP contribution in [0.15, 0.2) is 36.0 Å². The summed E-state index contributed by atoms with van der Waals surface area (Å²) in [5.41, 5.74) is 1.56. The SMILES string of the molecule is CCOC(=O)CC(N/C(=C/C(=O)OC)C(C)C)c1ccc(Cl)cc1. The third-order valence-electron chi connectivity index (χ3n) is 3.39. The van der Waals surface area contributed by atoms with Crippen molar-refractivity contribution in [3.8, 4) is 0 Å². The summed E-state index contributed by atoms with van der Waals surface area (Å²) in [6, 6.07) is 6.87. The van der Waals surface area contributed by atoms with Gasteiger partial charge in [0.15, 0.2) is 0 Å². The first kappa shape index (κ1) is 20.0. The zero-order chi connectivity index (χ0) is 18.1. The van der Waals surface area contributed by atoms with Crippen molar-refractivity contribution in [2.24, 2.45) is 5.92 Å². The minimum absolute atomic E-state index is 0.0566. The van der Waals surface area contributed by atoms with E-state index < -0.39 is 5.97 Å². The van der Waals surface area contributed by atoms with E-state index in [0.29, 0.717) is 17.3 Å². The Balaban J connectivity index is 3.06. The Morgan fingerprint density at radius 1 is 1.25 bits per heavy atom. The maximum absolute atomic E-state index is 11.9. The van der Waals surface area contributed by atoms with E-state index in [2.05, 4.69) is 10.1 Å². The van der Waals surface area contributed by atoms with E-state index in [1.165, 1.54) is 13.2 Å². The molecule has 0 heterocycles. The van der Waals surface area contributed by atoms with Crippen LogP contribution < -0.4 is 5.32 Å². The second-order valence-electron chi connectivity index (χ2n) is 5.54. The summed E-state index contributed by atoms with van der Waals surface area (Å²) in [6.07, 6.45) is 1.54. The van der Waals surface area contributed by atoms with Crippen LogP contribution in [0.5, 0.6) is 0 Å². The molecule has 1 aromatic carbocycles. The maximum Gasteiger partial charge on any atom is 0.332 e. The molecule has 0 aliphatic rings. The number of carbonyl (C=O) groups excluding carboxylic acids is 2. The largest absolute Gasteiger partial charge is 0.466 e. The molecule has 1 unspecified atom stereocenters. The van der Waals surface area contributed by atoms with Crippen molar-refractivity contribution in [2.75, 3.05) is 13.7 Å². The highest BCUT2D eigenvalue weighted by Gasteiger charge is 2.19. The molecule has 0 aliphatic carbocycles. The molecular formula is C18H24ClNO4. The van der Waals surface area contributed by atoms with Crippen molar-refractivity contribution in [2.45, 2.75) is 33.2 Å². The quantitative estimate of drug-likeness (QED) is 0.571. The Hall–Kier alpha value is -2.01. The smallest absolute Gasteiger partial charge is 0.332 e. The van der Waals surface area contributed by atoms with Gasteiger partial charge in [-0.3, -0.25) is 4.79 Å². The molecule has 0 fully saturated rings. The molecule has 1 N–H and O–H groups in total. The second kappa shape index (κ2) is 9.98. The van der Waals surface area contributed by atoms with E-state index in [0.717, 1.165) is 5.56 Å². The molecule has 0 aliphatic heterocycles. The molecule has 1 aromatic rings. The Morgan fingerprint density at radius 2 is 1.88 bits per heavy atom. The number of benzene rings is 1. The minimum atomic E-state index is -0.447. The molecule has 0 radical (unpaired) electrons. The molecule has 132 valence electrons. The Kier molecular flexibility index (Phi) is 8.33. The summed E-state index contributed by atoms with van der Waals surface area (Å²) in [4.78, 5) is 23.5. The fourth-order valence-corrected chi connectivity index (χ4v) is 2.22. The topological polar surface area (TPSA) is 64.6 Å². The van der Waals surface area contributed by atoms with Gasteiger partial charge in [-0.05, 0) is 30.5 Å². The summed E-state index contributed by atoms with van der Waals surface area (Å²) in [5, 5.41) is 3.87. The molecular weight excluding hydrogens is 330 g/mol. The van der Waals surface area contributed by atoms with Crippen molar-refractivity contribution in [1.29, 1.82) is 0 Å². The van der Waals surface area contributed by atoms with E-state index in [1.54, 1.807) is 19.1 Å². The predicted octanol–water partition coefficient (Wildman–Crippen LogP) is 3.64. The van der Waals surface area contributed by atoms with Crippen LogP contribution in [0.1, 0.15) is 38.8 Å². The number of halogens is 1. The van der Waals surface area contributed by atoms with Crippen molar-refractivity contribution < 1.29 is 19.1 Å². The van der Waals surface area contributed by atoms with Gasteiger partial charge < -0.3 is 14.8 Å². The molecule has 0 aromatic heterocycles. The molecule has 6 heteroatoms. The van der Waals surface area contributed by atoms with Crippen molar-refractivity contribution in [3.05, 3.63) is 46.6 Å². The van der Waals surface area contributed by atoms with Crippen LogP contribution in [-0.4, -0.2) is 25.7 Å². The highest BCUT2D eigenvalue weighted by Crippen LogP contribution is 2.23. The first-order valence-corrected chi connectivity index (χ1v) is 8.22. The molecule has 0 amide bonds. The average molecular weight is 354 g/mol. The predicted molar refractivity (Wildman–Crippen MR) is 93.5 cm³/mol. The van der Waals surface area contributed by atoms with Gasteiger partial charge in [0.1, 0.15) is 0 Å². The Morgan fingerprint density at radius 3 is 2.38 bits per heavy atom. The molecule has 5 nitrogen and oxygen atoms in total. The lowest BCUT2D eigenvalue weighted by molar-refractivity contribution is -0.143. The summed E-state index contributed by atoms with van der Waals surface area (Å²) in [6.45, 7) is 5.98. The third kappa shape index (κ3) is 6.62. The number of hydrogen-bond acceptors (Lipinski definition) is 5. The lowest BCUT2D eigenvalue weighted by Crippen LogP contribution is -2.27. The first-order chi connectivity index (χ1) is 11.4. The molecule has 24 heavy (non-hydrogen) atoms. The van der Waals surface area contributed by atoms with Gasteiger partial charge in [-0.1, -0.05) is 37.6 Å². The number of carbonyl (C=O) groups is 2. The van der Waals surface area contributed by atoms with Crippen LogP contribution in [0.3, 0.4) is 0 Å². The van der Waals surface area contributed by atoms with Crippen LogP contribution >= 0.6 is 11.6 Å². The van der Waals surface area contributed by atoms with Crippen molar-refractivity contribution >= 4 is 23.5 Å². The van der Waals surface area contributed by atoms with Gasteiger partial charge in [-0.25, -0.2) is 4.79 Å². The van der Waals surface area contributed by atoms with E-state index in [9.17, 15) is 9.59 Å². The summed E-state index contributed by atoms with van der Waals surface area (Å²) in [7, 11) is 1.33. The highest BCUT2D eigenvalue weighted by atomic mass is 35.5. The van der Waals surface area contributed by atoms with Crippen LogP contribution in [0.4, 0.5) is 0 Å². The zero-order valence-electron chi connectivity index (χ0n) is 14.5. The van der Waals surface area contributed by atoms with E-state index >= 15 is 0 Å². The second-order valence-corrected chi connectivity index (χ2v) is 5.97. The third-order valence-corrected chi connectivity index (χ3v) is 3.64. The Bertz CT molecular complexity index is 581. The minimum Gasteiger partial charge on any atom is -0.466 e. The number of rotatable bonds is 8. The van der Waals surface area contributed by atoms with E-state index in [-0.39, 0.29) is 24.3 Å². The van der Waals surface area contributed by atoms with Crippen LogP contribution in [0, 0.1) is 5.92 Å². The van der Waals surface area contributed by atoms with Gasteiger partial charge in [0.25, 0.3) is 0 Å². The van der Waals surface area contributed by atoms with E-state index in [4.69, 9.17) is 16.3 Å². The van der Waals surface area contributed by atoms with Crippen LogP contribution in [0.2, 0.25) is 5.02 Å². The number of esters is 2. The zero-order valence-corrected chi connectivity index (χ0v) is 15.2. The van der Waals surface area contributed by atoms with Crippen molar-refractivity contribution in [1.82, 2.24) is 5.32 Å². The maximum atomic E-state index is 11.9. The van der Waals surface area contributed by atoms with Crippen LogP contribution in [-0.2, 0) is 19.1 Å². The van der Waals surface area contributed by atoms with Gasteiger partial charge in [0.2, 0.25) is 0 Å². The number of nitrogens with one attached hydrogen (secondary N) is 1. The number of hydrogen-bond donors (Lipinski definition) is 1. The standard InChI is InChI=1S/C18H24ClNO4/c1-5-24-18(22)11-16(13-6-8-14(19)9-7-13)20-15(12(2)3)10-17(21)23-4/h6-10,12,16,20H,5,11H2,1-4H3/b15-10+. The fourth-order valence-electron chi connectivity index (χ4n) is 2.10. The average Bonchev–Trinajstić information content (AvgIpc) is 2.54. The van der Waals surface area contributed by atoms with Crippen LogP contribution in [0.25, 0.3) is 0 Å². The van der Waals surface area contributed by atoms with Gasteiger partial charge in [-0.15, -0.1) is 0 Å². The number of allylic oxidation sites excluding steroid dienone is 1. The molecule has 0 saturated carbocycles. The summed E-state index contributed by atoms with van der Waals surface area (Å²) in [5.74, 6) is -0.704. The fraction of sp³-hybridized carbons (Fsp3) is 0.444. The van der Waals surface area contributed by atoms with Gasteiger partial charge >= 0.3 is 11.9 Å². The monoisotopic (exact) mass is 353 g/mol. The Labute approximate surface area is 148 Å². The lowest BCUT2D eigenvalue weighted by atomic mass is 10.0. The normalized spacial score (nSPS) is 12.7. The van der Waals surface area contributed by atoms with Crippen molar-refractivity contribution in [3.63, 3.8) is 0 Å². The first-order valence-electron chi connectivity index (χ1n) is 7.84. The molecule has 0 bridgehead atoms. The van der Waals surface area contributed by atoms with E-state index in [1.807, 2.05) is 26.0 Å². The molecule has 0 saturated heterocycles. The van der Waals surface area contributed by atoms with Gasteiger partial charge in [0, 0.05) is 16.8 Å². The summed E-state index contributed by atoms with van der Waals surface area (Å²) < 4.78 is 9.73. The molecule has 0 spiro atoms. The molecule has 1 rings (SSSR count). The highest BCUT2D eigenvalue weighted by molar-refractivity contribution is 6.30. The van der Waals surface area contributed by atoms with Gasteiger partial charge in [0.05, 0.1) is 26.2 Å². The number of ether oxygens (including phenoxy) is 2. The van der Waals surface area contributed by atoms with Gasteiger partial charge in [-0.2, -0.15) is 0 Å². The molecule has 1 atom stereocenters. The number of methoxy groups -OCH3 is 1. The summed E-state index contributed by atoms with van der Waals surface area (Å²) >= 11 is 5.93.